The molecular weight excluding hydrogens is 293 g/mol. The first kappa shape index (κ1) is 15.2. The number of non-ortho nitro benzene ring substituents is 1. The topological polar surface area (TPSA) is 66.2 Å². The summed E-state index contributed by atoms with van der Waals surface area (Å²) >= 11 is -1.27. The molecule has 2 rings (SSSR count). The maximum atomic E-state index is 12.8. The van der Waals surface area contributed by atoms with Crippen LogP contribution in [0.4, 0.5) is 10.1 Å². The molecule has 1 unspecified atom stereocenters. The van der Waals surface area contributed by atoms with Crippen LogP contribution in [0.2, 0.25) is 0 Å². The fourth-order valence-corrected chi connectivity index (χ4v) is 2.62. The highest BCUT2D eigenvalue weighted by molar-refractivity contribution is 7.93. The predicted molar refractivity (Wildman–Crippen MR) is 80.4 cm³/mol. The number of hydrogen-bond acceptors (Lipinski definition) is 3. The molecule has 0 heterocycles. The highest BCUT2D eigenvalue weighted by Crippen LogP contribution is 2.16. The van der Waals surface area contributed by atoms with E-state index in [4.69, 9.17) is 0 Å². The number of halogens is 1. The Balaban J connectivity index is 2.01. The fraction of sp³-hybridized carbons (Fsp3) is 0.0667. The van der Waals surface area contributed by atoms with Gasteiger partial charge >= 0.3 is 0 Å². The molecule has 0 bridgehead atoms. The molecule has 2 aromatic carbocycles. The minimum absolute atomic E-state index is 0.0125. The van der Waals surface area contributed by atoms with Crippen molar-refractivity contribution in [1.82, 2.24) is 0 Å². The van der Waals surface area contributed by atoms with Crippen molar-refractivity contribution in [3.8, 4) is 0 Å². The van der Waals surface area contributed by atoms with Crippen LogP contribution in [0.15, 0.2) is 53.9 Å². The Bertz CT molecular complexity index is 658. The van der Waals surface area contributed by atoms with Gasteiger partial charge < -0.3 is 4.55 Å². The molecule has 1 atom stereocenters. The van der Waals surface area contributed by atoms with Crippen LogP contribution in [-0.2, 0) is 16.9 Å². The van der Waals surface area contributed by atoms with Crippen molar-refractivity contribution in [2.75, 3.05) is 0 Å². The molecule has 0 aromatic heterocycles. The Morgan fingerprint density at radius 2 is 1.90 bits per heavy atom. The summed E-state index contributed by atoms with van der Waals surface area (Å²) in [6, 6.07) is 11.9. The van der Waals surface area contributed by atoms with Gasteiger partial charge in [0.1, 0.15) is 17.0 Å². The zero-order valence-corrected chi connectivity index (χ0v) is 11.8. The quantitative estimate of drug-likeness (QED) is 0.481. The molecule has 108 valence electrons. The molecule has 0 spiro atoms. The van der Waals surface area contributed by atoms with E-state index >= 15 is 0 Å². The molecule has 0 saturated heterocycles. The van der Waals surface area contributed by atoms with Gasteiger partial charge in [-0.25, -0.2) is 4.39 Å². The van der Waals surface area contributed by atoms with Gasteiger partial charge in [0, 0.05) is 17.7 Å². The first-order valence-electron chi connectivity index (χ1n) is 6.09. The lowest BCUT2D eigenvalue weighted by molar-refractivity contribution is -0.384. The summed E-state index contributed by atoms with van der Waals surface area (Å²) in [4.78, 5) is 10.2. The Kier molecular flexibility index (Phi) is 5.08. The fourth-order valence-electron chi connectivity index (χ4n) is 1.69. The molecule has 0 N–H and O–H groups in total. The third kappa shape index (κ3) is 4.70. The zero-order chi connectivity index (χ0) is 15.2. The van der Waals surface area contributed by atoms with Gasteiger partial charge in [-0.15, -0.1) is 0 Å². The zero-order valence-electron chi connectivity index (χ0n) is 10.9. The van der Waals surface area contributed by atoms with Crippen molar-refractivity contribution < 1.29 is 13.9 Å². The normalized spacial score (nSPS) is 12.5. The average Bonchev–Trinajstić information content (AvgIpc) is 2.48. The predicted octanol–water partition coefficient (Wildman–Crippen LogP) is 3.65. The third-order valence-electron chi connectivity index (χ3n) is 2.72. The molecule has 4 nitrogen and oxygen atoms in total. The van der Waals surface area contributed by atoms with Crippen molar-refractivity contribution in [2.45, 2.75) is 5.75 Å². The van der Waals surface area contributed by atoms with E-state index in [1.54, 1.807) is 30.3 Å². The van der Waals surface area contributed by atoms with Crippen LogP contribution < -0.4 is 0 Å². The van der Waals surface area contributed by atoms with Gasteiger partial charge in [-0.05, 0) is 34.9 Å². The SMILES string of the molecule is O=[N+]([O-])c1cccc(/C=C/[S+]([O-])Cc2ccc(F)cc2)c1. The first-order valence-corrected chi connectivity index (χ1v) is 7.47. The maximum Gasteiger partial charge on any atom is 0.270 e. The largest absolute Gasteiger partial charge is 0.612 e. The summed E-state index contributed by atoms with van der Waals surface area (Å²) in [7, 11) is 0. The van der Waals surface area contributed by atoms with Gasteiger partial charge in [0.25, 0.3) is 5.69 Å². The molecule has 0 amide bonds. The van der Waals surface area contributed by atoms with E-state index in [1.807, 2.05) is 0 Å². The second-order valence-corrected chi connectivity index (χ2v) is 5.63. The minimum atomic E-state index is -1.27. The molecule has 21 heavy (non-hydrogen) atoms. The molecule has 0 aliphatic rings. The maximum absolute atomic E-state index is 12.8. The summed E-state index contributed by atoms with van der Waals surface area (Å²) in [5, 5.41) is 12.1. The van der Waals surface area contributed by atoms with Crippen molar-refractivity contribution in [3.05, 3.63) is 81.0 Å². The van der Waals surface area contributed by atoms with Crippen LogP contribution in [0.1, 0.15) is 11.1 Å². The highest BCUT2D eigenvalue weighted by atomic mass is 32.2. The van der Waals surface area contributed by atoms with Crippen molar-refractivity contribution in [1.29, 1.82) is 0 Å². The number of nitro groups is 1. The summed E-state index contributed by atoms with van der Waals surface area (Å²) in [6.07, 6.45) is 1.58. The van der Waals surface area contributed by atoms with E-state index in [-0.39, 0.29) is 17.3 Å². The summed E-state index contributed by atoms with van der Waals surface area (Å²) in [5.41, 5.74) is 1.36. The lowest BCUT2D eigenvalue weighted by Gasteiger charge is -2.05. The summed E-state index contributed by atoms with van der Waals surface area (Å²) in [5.74, 6) is -0.0669. The Labute approximate surface area is 124 Å². The van der Waals surface area contributed by atoms with Crippen molar-refractivity contribution >= 4 is 22.9 Å². The summed E-state index contributed by atoms with van der Waals surface area (Å²) < 4.78 is 24.6. The van der Waals surface area contributed by atoms with Crippen LogP contribution in [0.3, 0.4) is 0 Å². The van der Waals surface area contributed by atoms with Gasteiger partial charge in [0.2, 0.25) is 0 Å². The average molecular weight is 305 g/mol. The lowest BCUT2D eigenvalue weighted by Crippen LogP contribution is -2.00. The third-order valence-corrected chi connectivity index (χ3v) is 3.77. The molecule has 0 saturated carbocycles. The molecular formula is C15H12FNO3S. The molecule has 6 heteroatoms. The Hall–Kier alpha value is -2.18. The molecule has 0 aliphatic heterocycles. The second kappa shape index (κ2) is 7.01. The number of nitro benzene ring substituents is 1. The number of hydrogen-bond donors (Lipinski definition) is 0. The van der Waals surface area contributed by atoms with Crippen molar-refractivity contribution in [3.63, 3.8) is 0 Å². The van der Waals surface area contributed by atoms with E-state index in [0.717, 1.165) is 5.56 Å². The molecule has 0 aliphatic carbocycles. The number of nitrogens with zero attached hydrogens (tertiary/aromatic N) is 1. The van der Waals surface area contributed by atoms with E-state index in [9.17, 15) is 19.1 Å². The van der Waals surface area contributed by atoms with E-state index in [0.29, 0.717) is 5.56 Å². The Morgan fingerprint density at radius 3 is 2.57 bits per heavy atom. The van der Waals surface area contributed by atoms with E-state index in [1.165, 1.54) is 29.7 Å². The molecule has 2 aromatic rings. The Morgan fingerprint density at radius 1 is 1.19 bits per heavy atom. The van der Waals surface area contributed by atoms with Gasteiger partial charge in [-0.2, -0.15) is 0 Å². The van der Waals surface area contributed by atoms with Gasteiger partial charge in [0.15, 0.2) is 0 Å². The van der Waals surface area contributed by atoms with E-state index < -0.39 is 16.1 Å². The summed E-state index contributed by atoms with van der Waals surface area (Å²) in [6.45, 7) is 0. The minimum Gasteiger partial charge on any atom is -0.612 e. The van der Waals surface area contributed by atoms with Crippen LogP contribution in [0, 0.1) is 15.9 Å². The van der Waals surface area contributed by atoms with Crippen LogP contribution in [0.25, 0.3) is 6.08 Å². The molecule has 0 fully saturated rings. The van der Waals surface area contributed by atoms with E-state index in [2.05, 4.69) is 0 Å². The van der Waals surface area contributed by atoms with Crippen LogP contribution >= 0.6 is 0 Å². The lowest BCUT2D eigenvalue weighted by atomic mass is 10.2. The second-order valence-electron chi connectivity index (χ2n) is 4.31. The van der Waals surface area contributed by atoms with Crippen LogP contribution in [0.5, 0.6) is 0 Å². The molecule has 0 radical (unpaired) electrons. The monoisotopic (exact) mass is 305 g/mol. The standard InChI is InChI=1S/C15H12FNO3S/c16-14-6-4-13(5-7-14)11-21(20)9-8-12-2-1-3-15(10-12)17(18)19/h1-10H,11H2/b9-8+. The number of benzene rings is 2. The van der Waals surface area contributed by atoms with Gasteiger partial charge in [-0.3, -0.25) is 10.1 Å². The van der Waals surface area contributed by atoms with Crippen molar-refractivity contribution in [2.24, 2.45) is 0 Å². The van der Waals surface area contributed by atoms with Crippen LogP contribution in [-0.4, -0.2) is 9.48 Å². The first-order chi connectivity index (χ1) is 10.0. The highest BCUT2D eigenvalue weighted by Gasteiger charge is 2.06. The van der Waals surface area contributed by atoms with Gasteiger partial charge in [-0.1, -0.05) is 24.3 Å². The number of rotatable bonds is 5. The van der Waals surface area contributed by atoms with Gasteiger partial charge in [0.05, 0.1) is 4.92 Å². The smallest absolute Gasteiger partial charge is 0.270 e.